The molecule has 0 radical (unpaired) electrons. The second-order valence-corrected chi connectivity index (χ2v) is 7.38. The normalized spacial score (nSPS) is 26.3. The maximum atomic E-state index is 13.4. The van der Waals surface area contributed by atoms with Gasteiger partial charge < -0.3 is 4.90 Å². The Morgan fingerprint density at radius 1 is 1.04 bits per heavy atom. The number of benzene rings is 2. The van der Waals surface area contributed by atoms with Gasteiger partial charge in [-0.3, -0.25) is 0 Å². The predicted octanol–water partition coefficient (Wildman–Crippen LogP) is 4.91. The van der Waals surface area contributed by atoms with Gasteiger partial charge in [0.25, 0.3) is 0 Å². The second-order valence-electron chi connectivity index (χ2n) is 7.38. The highest BCUT2D eigenvalue weighted by Gasteiger charge is 2.45. The highest BCUT2D eigenvalue weighted by molar-refractivity contribution is 5.42. The Kier molecular flexibility index (Phi) is 4.11. The fourth-order valence-electron chi connectivity index (χ4n) is 4.87. The summed E-state index contributed by atoms with van der Waals surface area (Å²) < 4.78 is 40.1. The van der Waals surface area contributed by atoms with E-state index in [1.807, 2.05) is 24.3 Å². The number of likely N-dealkylation sites (tertiary alicyclic amines) is 1. The summed E-state index contributed by atoms with van der Waals surface area (Å²) >= 11 is 0. The van der Waals surface area contributed by atoms with Gasteiger partial charge in [0.05, 0.1) is 5.56 Å². The topological polar surface area (TPSA) is 3.24 Å². The summed E-state index contributed by atoms with van der Waals surface area (Å²) in [4.78, 5) is 2.34. The first-order valence-corrected chi connectivity index (χ1v) is 8.88. The van der Waals surface area contributed by atoms with Crippen molar-refractivity contribution in [3.63, 3.8) is 0 Å². The predicted molar refractivity (Wildman–Crippen MR) is 92.6 cm³/mol. The molecule has 25 heavy (non-hydrogen) atoms. The van der Waals surface area contributed by atoms with Crippen molar-refractivity contribution in [2.24, 2.45) is 5.92 Å². The van der Waals surface area contributed by atoms with Crippen molar-refractivity contribution in [1.29, 1.82) is 0 Å². The van der Waals surface area contributed by atoms with Gasteiger partial charge in [-0.15, -0.1) is 0 Å². The smallest absolute Gasteiger partial charge is 0.302 e. The zero-order valence-electron chi connectivity index (χ0n) is 14.3. The van der Waals surface area contributed by atoms with Crippen LogP contribution in [0.4, 0.5) is 13.2 Å². The van der Waals surface area contributed by atoms with E-state index in [-0.39, 0.29) is 5.92 Å². The van der Waals surface area contributed by atoms with Gasteiger partial charge >= 0.3 is 6.18 Å². The number of halogens is 3. The lowest BCUT2D eigenvalue weighted by molar-refractivity contribution is -0.138. The van der Waals surface area contributed by atoms with Crippen LogP contribution in [-0.2, 0) is 19.0 Å². The maximum Gasteiger partial charge on any atom is 0.416 e. The van der Waals surface area contributed by atoms with Gasteiger partial charge in [0.15, 0.2) is 0 Å². The number of nitrogens with zero attached hydrogens (tertiary/aromatic N) is 1. The lowest BCUT2D eigenvalue weighted by Crippen LogP contribution is -2.33. The summed E-state index contributed by atoms with van der Waals surface area (Å²) in [5, 5.41) is 0. The fraction of sp³-hybridized carbons (Fsp3) is 0.429. The van der Waals surface area contributed by atoms with Crippen molar-refractivity contribution in [1.82, 2.24) is 4.90 Å². The van der Waals surface area contributed by atoms with Crippen LogP contribution in [-0.4, -0.2) is 24.5 Å². The van der Waals surface area contributed by atoms with Crippen LogP contribution >= 0.6 is 0 Å². The average molecular weight is 345 g/mol. The molecule has 4 heteroatoms. The van der Waals surface area contributed by atoms with Crippen molar-refractivity contribution in [2.45, 2.75) is 37.4 Å². The second kappa shape index (κ2) is 6.17. The lowest BCUT2D eigenvalue weighted by atomic mass is 9.72. The highest BCUT2D eigenvalue weighted by Crippen LogP contribution is 2.47. The molecule has 1 fully saturated rings. The van der Waals surface area contributed by atoms with E-state index < -0.39 is 11.7 Å². The van der Waals surface area contributed by atoms with E-state index in [0.717, 1.165) is 24.9 Å². The fourth-order valence-corrected chi connectivity index (χ4v) is 4.87. The molecule has 1 saturated heterocycles. The van der Waals surface area contributed by atoms with Crippen LogP contribution in [0.2, 0.25) is 0 Å². The van der Waals surface area contributed by atoms with Gasteiger partial charge in [0, 0.05) is 18.5 Å². The largest absolute Gasteiger partial charge is 0.416 e. The Bertz CT molecular complexity index is 753. The summed E-state index contributed by atoms with van der Waals surface area (Å²) in [5.74, 6) is 0.644. The van der Waals surface area contributed by atoms with E-state index in [4.69, 9.17) is 0 Å². The first-order valence-electron chi connectivity index (χ1n) is 8.88. The van der Waals surface area contributed by atoms with Gasteiger partial charge in [-0.05, 0) is 55.0 Å². The molecular weight excluding hydrogens is 323 g/mol. The lowest BCUT2D eigenvalue weighted by Gasteiger charge is -2.33. The van der Waals surface area contributed by atoms with Gasteiger partial charge in [0.1, 0.15) is 0 Å². The third kappa shape index (κ3) is 2.97. The van der Waals surface area contributed by atoms with Gasteiger partial charge in [-0.1, -0.05) is 42.5 Å². The molecule has 0 aromatic heterocycles. The number of hydrogen-bond donors (Lipinski definition) is 0. The molecule has 3 unspecified atom stereocenters. The number of fused-ring (bicyclic) bond motifs is 3. The van der Waals surface area contributed by atoms with Crippen LogP contribution in [0, 0.1) is 5.92 Å². The summed E-state index contributed by atoms with van der Waals surface area (Å²) in [6.07, 6.45) is -1.92. The molecule has 0 amide bonds. The maximum absolute atomic E-state index is 13.4. The zero-order valence-corrected chi connectivity index (χ0v) is 14.3. The molecule has 0 saturated carbocycles. The molecule has 0 N–H and O–H groups in total. The quantitative estimate of drug-likeness (QED) is 0.748. The summed E-state index contributed by atoms with van der Waals surface area (Å²) in [7, 11) is 2.11. The highest BCUT2D eigenvalue weighted by atomic mass is 19.4. The third-order valence-electron chi connectivity index (χ3n) is 5.99. The van der Waals surface area contributed by atoms with Gasteiger partial charge in [-0.25, -0.2) is 0 Å². The molecule has 2 aromatic rings. The molecule has 3 atom stereocenters. The Morgan fingerprint density at radius 2 is 1.80 bits per heavy atom. The van der Waals surface area contributed by atoms with Crippen molar-refractivity contribution in [3.8, 4) is 0 Å². The zero-order chi connectivity index (χ0) is 17.6. The first kappa shape index (κ1) is 16.6. The van der Waals surface area contributed by atoms with E-state index in [1.54, 1.807) is 6.07 Å². The van der Waals surface area contributed by atoms with Gasteiger partial charge in [-0.2, -0.15) is 13.2 Å². The molecule has 2 aliphatic rings. The first-order chi connectivity index (χ1) is 11.9. The summed E-state index contributed by atoms with van der Waals surface area (Å²) in [6.45, 7) is 0.844. The molecule has 1 nitrogen and oxygen atoms in total. The van der Waals surface area contributed by atoms with Crippen LogP contribution in [0.3, 0.4) is 0 Å². The molecular formula is C21H22F3N. The van der Waals surface area contributed by atoms with Crippen LogP contribution in [0.25, 0.3) is 0 Å². The minimum Gasteiger partial charge on any atom is -0.302 e. The SMILES string of the molecule is CN1CC2c3cccc(C(F)(F)F)c3CCC2C1Cc1ccccc1. The minimum absolute atomic E-state index is 0.213. The van der Waals surface area contributed by atoms with E-state index in [0.29, 0.717) is 23.9 Å². The molecule has 2 aromatic carbocycles. The summed E-state index contributed by atoms with van der Waals surface area (Å²) in [6, 6.07) is 15.5. The van der Waals surface area contributed by atoms with Crippen LogP contribution in [0.1, 0.15) is 34.6 Å². The molecule has 1 aliphatic carbocycles. The Labute approximate surface area is 146 Å². The number of rotatable bonds is 2. The number of likely N-dealkylation sites (N-methyl/N-ethyl adjacent to an activating group) is 1. The molecule has 4 rings (SSSR count). The molecule has 0 bridgehead atoms. The Morgan fingerprint density at radius 3 is 2.52 bits per heavy atom. The van der Waals surface area contributed by atoms with Crippen molar-refractivity contribution in [3.05, 3.63) is 70.8 Å². The Hall–Kier alpha value is -1.81. The number of alkyl halides is 3. The minimum atomic E-state index is -4.26. The third-order valence-corrected chi connectivity index (χ3v) is 5.99. The van der Waals surface area contributed by atoms with Crippen molar-refractivity contribution < 1.29 is 13.2 Å². The van der Waals surface area contributed by atoms with Crippen LogP contribution < -0.4 is 0 Å². The van der Waals surface area contributed by atoms with Crippen LogP contribution in [0.15, 0.2) is 48.5 Å². The van der Waals surface area contributed by atoms with E-state index in [9.17, 15) is 13.2 Å². The van der Waals surface area contributed by atoms with Crippen LogP contribution in [0.5, 0.6) is 0 Å². The summed E-state index contributed by atoms with van der Waals surface area (Å²) in [5.41, 5.74) is 2.32. The standard InChI is InChI=1S/C21H22F3N/c1-25-13-18-15-8-5-9-19(21(22,23)24)16(15)10-11-17(18)20(25)12-14-6-3-2-4-7-14/h2-9,17-18,20H,10-13H2,1H3. The van der Waals surface area contributed by atoms with E-state index in [1.165, 1.54) is 11.6 Å². The monoisotopic (exact) mass is 345 g/mol. The molecule has 132 valence electrons. The van der Waals surface area contributed by atoms with Crippen molar-refractivity contribution in [2.75, 3.05) is 13.6 Å². The number of hydrogen-bond acceptors (Lipinski definition) is 1. The average Bonchev–Trinajstić information content (AvgIpc) is 2.90. The van der Waals surface area contributed by atoms with Crippen molar-refractivity contribution >= 4 is 0 Å². The van der Waals surface area contributed by atoms with Gasteiger partial charge in [0.2, 0.25) is 0 Å². The van der Waals surface area contributed by atoms with E-state index >= 15 is 0 Å². The Balaban J connectivity index is 1.65. The molecule has 1 heterocycles. The van der Waals surface area contributed by atoms with E-state index in [2.05, 4.69) is 24.1 Å². The molecule has 0 spiro atoms. The molecule has 1 aliphatic heterocycles.